The third-order valence-corrected chi connectivity index (χ3v) is 6.47. The maximum Gasteiger partial charge on any atom is 0.158 e. The highest BCUT2D eigenvalue weighted by Gasteiger charge is 2.32. The monoisotopic (exact) mass is 245 g/mol. The average molecular weight is 245 g/mol. The van der Waals surface area contributed by atoms with Crippen LogP contribution in [0.3, 0.4) is 0 Å². The first-order chi connectivity index (χ1) is 8.34. The molecule has 1 heteroatoms. The molecule has 1 fully saturated rings. The number of benzene rings is 1. The van der Waals surface area contributed by atoms with Crippen molar-refractivity contribution >= 4 is 15.8 Å². The van der Waals surface area contributed by atoms with Gasteiger partial charge in [-0.1, -0.05) is 25.1 Å². The molecule has 0 nitrogen and oxygen atoms in total. The van der Waals surface area contributed by atoms with Crippen molar-refractivity contribution in [3.8, 4) is 0 Å². The Hall–Kier alpha value is -0.690. The molecule has 0 radical (unpaired) electrons. The second-order valence-corrected chi connectivity index (χ2v) is 7.55. The maximum atomic E-state index is 2.58. The van der Waals surface area contributed by atoms with Gasteiger partial charge in [0.15, 0.2) is 4.91 Å². The summed E-state index contributed by atoms with van der Waals surface area (Å²) in [7, 11) is 0.554. The van der Waals surface area contributed by atoms with Crippen LogP contribution in [0.1, 0.15) is 37.3 Å². The molecule has 1 atom stereocenters. The Morgan fingerprint density at radius 2 is 1.88 bits per heavy atom. The zero-order chi connectivity index (χ0) is 11.7. The molecule has 0 spiro atoms. The predicted octanol–water partition coefficient (Wildman–Crippen LogP) is 4.02. The summed E-state index contributed by atoms with van der Waals surface area (Å²) in [4.78, 5) is 1.70. The van der Waals surface area contributed by atoms with Crippen LogP contribution in [0, 0.1) is 5.92 Å². The minimum atomic E-state index is 0.554. The normalized spacial score (nSPS) is 25.2. The Bertz CT molecular complexity index is 427. The highest BCUT2D eigenvalue weighted by Crippen LogP contribution is 2.35. The minimum Gasteiger partial charge on any atom is -0.0619 e. The molecule has 1 heterocycles. The minimum absolute atomic E-state index is 0.554. The van der Waals surface area contributed by atoms with Gasteiger partial charge in [-0.2, -0.15) is 0 Å². The molecule has 1 unspecified atom stereocenters. The molecule has 0 bridgehead atoms. The first-order valence-electron chi connectivity index (χ1n) is 6.82. The van der Waals surface area contributed by atoms with Crippen molar-refractivity contribution in [2.24, 2.45) is 5.92 Å². The number of allylic oxidation sites excluding steroid dienone is 1. The molecule has 1 aliphatic carbocycles. The topological polar surface area (TPSA) is 0 Å². The van der Waals surface area contributed by atoms with Crippen LogP contribution in [0.25, 0.3) is 4.91 Å². The van der Waals surface area contributed by atoms with Crippen molar-refractivity contribution < 1.29 is 0 Å². The average Bonchev–Trinajstić information content (AvgIpc) is 2.82. The van der Waals surface area contributed by atoms with E-state index in [0.29, 0.717) is 10.9 Å². The van der Waals surface area contributed by atoms with Gasteiger partial charge in [0.1, 0.15) is 11.5 Å². The second-order valence-electron chi connectivity index (χ2n) is 5.31. The first-order valence-corrected chi connectivity index (χ1v) is 8.38. The van der Waals surface area contributed by atoms with Crippen LogP contribution in [-0.2, 0) is 17.3 Å². The zero-order valence-corrected chi connectivity index (χ0v) is 11.4. The van der Waals surface area contributed by atoms with E-state index in [1.54, 1.807) is 16.0 Å². The quantitative estimate of drug-likeness (QED) is 0.656. The van der Waals surface area contributed by atoms with E-state index in [1.807, 2.05) is 0 Å². The standard InChI is InChI=1S/C16H21S/c1-13-8-9-14-6-2-3-7-15(14)16(12-13)17-10-4-5-11-17/h2-3,6-7,12-13H,4-5,8-11H2,1H3/q+1. The molecule has 0 amide bonds. The van der Waals surface area contributed by atoms with Crippen molar-refractivity contribution in [1.82, 2.24) is 0 Å². The van der Waals surface area contributed by atoms with Crippen molar-refractivity contribution in [2.75, 3.05) is 11.5 Å². The molecule has 1 aliphatic heterocycles. The third kappa shape index (κ3) is 2.30. The van der Waals surface area contributed by atoms with Crippen molar-refractivity contribution in [2.45, 2.75) is 32.6 Å². The van der Waals surface area contributed by atoms with E-state index < -0.39 is 0 Å². The van der Waals surface area contributed by atoms with Crippen LogP contribution < -0.4 is 0 Å². The van der Waals surface area contributed by atoms with Gasteiger partial charge >= 0.3 is 0 Å². The number of hydrogen-bond acceptors (Lipinski definition) is 0. The van der Waals surface area contributed by atoms with Gasteiger partial charge in [-0.05, 0) is 49.3 Å². The van der Waals surface area contributed by atoms with E-state index in [4.69, 9.17) is 0 Å². The van der Waals surface area contributed by atoms with Gasteiger partial charge < -0.3 is 0 Å². The fourth-order valence-corrected chi connectivity index (χ4v) is 5.60. The molecule has 1 aromatic rings. The van der Waals surface area contributed by atoms with Crippen LogP contribution in [0.15, 0.2) is 30.3 Å². The van der Waals surface area contributed by atoms with Crippen LogP contribution in [0.4, 0.5) is 0 Å². The Kier molecular flexibility index (Phi) is 3.28. The Morgan fingerprint density at radius 3 is 2.71 bits per heavy atom. The summed E-state index contributed by atoms with van der Waals surface area (Å²) < 4.78 is 0. The number of rotatable bonds is 1. The molecule has 0 saturated carbocycles. The molecule has 3 rings (SSSR count). The van der Waals surface area contributed by atoms with E-state index in [0.717, 1.165) is 5.92 Å². The number of aryl methyl sites for hydroxylation is 1. The Balaban J connectivity index is 2.03. The lowest BCUT2D eigenvalue weighted by molar-refractivity contribution is 0.655. The van der Waals surface area contributed by atoms with E-state index in [2.05, 4.69) is 37.3 Å². The molecular formula is C16H21S+. The summed E-state index contributed by atoms with van der Waals surface area (Å²) in [6.07, 6.45) is 8.04. The summed E-state index contributed by atoms with van der Waals surface area (Å²) in [5.41, 5.74) is 3.16. The summed E-state index contributed by atoms with van der Waals surface area (Å²) in [6, 6.07) is 9.09. The molecular weight excluding hydrogens is 224 g/mol. The fourth-order valence-electron chi connectivity index (χ4n) is 2.92. The van der Waals surface area contributed by atoms with Crippen molar-refractivity contribution in [1.29, 1.82) is 0 Å². The zero-order valence-electron chi connectivity index (χ0n) is 10.6. The van der Waals surface area contributed by atoms with Crippen LogP contribution in [-0.4, -0.2) is 11.5 Å². The number of fused-ring (bicyclic) bond motifs is 1. The SMILES string of the molecule is CC1C=C([S+]2CCCC2)c2ccccc2CC1. The second kappa shape index (κ2) is 4.89. The van der Waals surface area contributed by atoms with E-state index >= 15 is 0 Å². The first kappa shape index (κ1) is 11.4. The lowest BCUT2D eigenvalue weighted by atomic mass is 10.0. The molecule has 1 saturated heterocycles. The van der Waals surface area contributed by atoms with Crippen LogP contribution >= 0.6 is 0 Å². The van der Waals surface area contributed by atoms with Crippen LogP contribution in [0.2, 0.25) is 0 Å². The predicted molar refractivity (Wildman–Crippen MR) is 78.2 cm³/mol. The van der Waals surface area contributed by atoms with Gasteiger partial charge in [-0.3, -0.25) is 0 Å². The summed E-state index contributed by atoms with van der Waals surface area (Å²) in [5, 5.41) is 0. The lowest BCUT2D eigenvalue weighted by Crippen LogP contribution is -2.07. The molecule has 2 aliphatic rings. The highest BCUT2D eigenvalue weighted by molar-refractivity contribution is 8.05. The van der Waals surface area contributed by atoms with Gasteiger partial charge in [0, 0.05) is 16.5 Å². The smallest absolute Gasteiger partial charge is 0.0619 e. The molecule has 0 N–H and O–H groups in total. The third-order valence-electron chi connectivity index (χ3n) is 3.93. The maximum absolute atomic E-state index is 2.58. The molecule has 0 aromatic heterocycles. The van der Waals surface area contributed by atoms with Gasteiger partial charge in [0.05, 0.1) is 0 Å². The Morgan fingerprint density at radius 1 is 1.12 bits per heavy atom. The summed E-state index contributed by atoms with van der Waals surface area (Å²) >= 11 is 0. The van der Waals surface area contributed by atoms with E-state index in [9.17, 15) is 0 Å². The van der Waals surface area contributed by atoms with Gasteiger partial charge in [0.25, 0.3) is 0 Å². The summed E-state index contributed by atoms with van der Waals surface area (Å²) in [5.74, 6) is 3.63. The lowest BCUT2D eigenvalue weighted by Gasteiger charge is -2.08. The largest absolute Gasteiger partial charge is 0.158 e. The van der Waals surface area contributed by atoms with Crippen LogP contribution in [0.5, 0.6) is 0 Å². The van der Waals surface area contributed by atoms with E-state index in [1.165, 1.54) is 37.2 Å². The fraction of sp³-hybridized carbons (Fsp3) is 0.500. The molecule has 17 heavy (non-hydrogen) atoms. The summed E-state index contributed by atoms with van der Waals surface area (Å²) in [6.45, 7) is 2.38. The van der Waals surface area contributed by atoms with Gasteiger partial charge in [-0.15, -0.1) is 0 Å². The molecule has 90 valence electrons. The Labute approximate surface area is 107 Å². The number of hydrogen-bond donors (Lipinski definition) is 0. The van der Waals surface area contributed by atoms with E-state index in [-0.39, 0.29) is 0 Å². The van der Waals surface area contributed by atoms with Gasteiger partial charge in [-0.25, -0.2) is 0 Å². The van der Waals surface area contributed by atoms with Crippen molar-refractivity contribution in [3.63, 3.8) is 0 Å². The van der Waals surface area contributed by atoms with Gasteiger partial charge in [0.2, 0.25) is 0 Å². The molecule has 1 aromatic carbocycles. The highest BCUT2D eigenvalue weighted by atomic mass is 32.2. The van der Waals surface area contributed by atoms with Crippen molar-refractivity contribution in [3.05, 3.63) is 41.5 Å².